The third-order valence-electron chi connectivity index (χ3n) is 14.0. The van der Waals surface area contributed by atoms with Gasteiger partial charge in [-0.05, 0) is 49.3 Å². The smallest absolute Gasteiger partial charge is 0.462 e. The summed E-state index contributed by atoms with van der Waals surface area (Å²) < 4.78 is 55.5. The lowest BCUT2D eigenvalue weighted by atomic mass is 9.99. The van der Waals surface area contributed by atoms with Gasteiger partial charge >= 0.3 is 25.9 Å². The Balaban J connectivity index is 1.63. The summed E-state index contributed by atoms with van der Waals surface area (Å²) in [6.07, 6.45) is 27.6. The second-order valence-electron chi connectivity index (χ2n) is 21.2. The molecule has 0 bridgehead atoms. The molecule has 1 aromatic rings. The topological polar surface area (TPSA) is 279 Å². The first-order valence-electron chi connectivity index (χ1n) is 30.9. The molecule has 1 amide bonds. The van der Waals surface area contributed by atoms with Crippen LogP contribution in [0.4, 0.5) is 10.5 Å². The van der Waals surface area contributed by atoms with Crippen LogP contribution in [0, 0.1) is 0 Å². The maximum atomic E-state index is 12.9. The highest BCUT2D eigenvalue weighted by molar-refractivity contribution is 7.80. The molecule has 1 aliphatic rings. The Kier molecular flexibility index (Phi) is 44.8. The molecule has 8 N–H and O–H groups in total. The Morgan fingerprint density at radius 2 is 1.06 bits per heavy atom. The SMILES string of the molecule is CCCCCCCCCCCCCCCCCC(=O)OCC(COP(=O)(O)OCCNC(=O)OCCOCCNC(=S)Nc1ccc(OC2OC(CO)C(O)C(O)C2O)cc1)OC(=O)CCCCCCCCCCCCCCCCC. The molecule has 1 saturated heterocycles. The summed E-state index contributed by atoms with van der Waals surface area (Å²) in [5, 5.41) is 48.2. The van der Waals surface area contributed by atoms with Crippen LogP contribution in [-0.2, 0) is 46.9 Å². The highest BCUT2D eigenvalue weighted by Gasteiger charge is 2.44. The van der Waals surface area contributed by atoms with E-state index in [0.717, 1.165) is 38.5 Å². The van der Waals surface area contributed by atoms with E-state index >= 15 is 0 Å². The van der Waals surface area contributed by atoms with Gasteiger partial charge in [-0.3, -0.25) is 18.6 Å². The molecule has 2 rings (SSSR count). The number of amides is 1. The molecule has 1 fully saturated rings. The van der Waals surface area contributed by atoms with Gasteiger partial charge in [0.2, 0.25) is 6.29 Å². The lowest BCUT2D eigenvalue weighted by molar-refractivity contribution is -0.277. The molecule has 81 heavy (non-hydrogen) atoms. The van der Waals surface area contributed by atoms with Gasteiger partial charge < -0.3 is 69.7 Å². The quantitative estimate of drug-likeness (QED) is 0.00989. The molecule has 7 atom stereocenters. The van der Waals surface area contributed by atoms with Crippen LogP contribution in [0.2, 0.25) is 0 Å². The second-order valence-corrected chi connectivity index (χ2v) is 23.0. The molecule has 1 aromatic carbocycles. The number of hydrogen-bond acceptors (Lipinski definition) is 17. The molecule has 0 radical (unpaired) electrons. The number of anilines is 1. The number of thiocarbonyl (C=S) groups is 1. The van der Waals surface area contributed by atoms with Gasteiger partial charge in [-0.2, -0.15) is 0 Å². The molecule has 470 valence electrons. The van der Waals surface area contributed by atoms with Crippen molar-refractivity contribution in [3.63, 3.8) is 0 Å². The monoisotopic (exact) mass is 1190 g/mol. The fourth-order valence-corrected chi connectivity index (χ4v) is 10.1. The van der Waals surface area contributed by atoms with E-state index in [-0.39, 0.29) is 45.8 Å². The number of aliphatic hydroxyl groups is 4. The number of unbranched alkanes of at least 4 members (excludes halogenated alkanes) is 28. The maximum absolute atomic E-state index is 12.9. The van der Waals surface area contributed by atoms with Crippen LogP contribution < -0.4 is 20.7 Å². The summed E-state index contributed by atoms with van der Waals surface area (Å²) in [5.41, 5.74) is 0.607. The number of carbonyl (C=O) groups is 3. The highest BCUT2D eigenvalue weighted by Crippen LogP contribution is 2.43. The third kappa shape index (κ3) is 39.9. The van der Waals surface area contributed by atoms with E-state index in [0.29, 0.717) is 35.9 Å². The number of ether oxygens (including phenoxy) is 6. The van der Waals surface area contributed by atoms with Crippen LogP contribution in [0.5, 0.6) is 5.75 Å². The Bertz CT molecular complexity index is 1790. The minimum absolute atomic E-state index is 0.0708. The van der Waals surface area contributed by atoms with Crippen LogP contribution in [0.3, 0.4) is 0 Å². The van der Waals surface area contributed by atoms with Crippen molar-refractivity contribution in [2.75, 3.05) is 64.7 Å². The Morgan fingerprint density at radius 1 is 0.580 bits per heavy atom. The number of phosphoric acid groups is 1. The predicted octanol–water partition coefficient (Wildman–Crippen LogP) is 11.0. The number of alkyl carbamates (subject to hydrolysis) is 1. The zero-order valence-corrected chi connectivity index (χ0v) is 51.0. The van der Waals surface area contributed by atoms with E-state index in [1.807, 2.05) is 0 Å². The largest absolute Gasteiger partial charge is 0.472 e. The van der Waals surface area contributed by atoms with Gasteiger partial charge in [0, 0.05) is 31.6 Å². The van der Waals surface area contributed by atoms with E-state index in [1.54, 1.807) is 24.3 Å². The molecular formula is C59H106N3O17PS. The first-order valence-corrected chi connectivity index (χ1v) is 32.8. The van der Waals surface area contributed by atoms with E-state index in [4.69, 9.17) is 49.7 Å². The molecule has 0 spiro atoms. The number of phosphoric ester groups is 1. The van der Waals surface area contributed by atoms with Crippen molar-refractivity contribution in [3.8, 4) is 5.75 Å². The third-order valence-corrected chi connectivity index (χ3v) is 15.2. The van der Waals surface area contributed by atoms with E-state index in [1.165, 1.54) is 141 Å². The molecule has 1 aliphatic heterocycles. The summed E-state index contributed by atoms with van der Waals surface area (Å²) in [4.78, 5) is 48.1. The van der Waals surface area contributed by atoms with Gasteiger partial charge in [0.25, 0.3) is 0 Å². The van der Waals surface area contributed by atoms with Gasteiger partial charge in [0.05, 0.1) is 33.0 Å². The van der Waals surface area contributed by atoms with Crippen molar-refractivity contribution in [2.24, 2.45) is 0 Å². The van der Waals surface area contributed by atoms with Crippen LogP contribution in [-0.4, -0.2) is 145 Å². The Morgan fingerprint density at radius 3 is 1.57 bits per heavy atom. The predicted molar refractivity (Wildman–Crippen MR) is 317 cm³/mol. The standard InChI is InChI=1S/C59H106N3O17PS/c1-3-5-7-9-11-13-15-17-19-21-23-25-27-29-31-33-52(64)74-46-50(77-53(65)34-32-30-28-26-24-22-20-18-16-14-12-10-8-6-4-2)47-76-80(70,71)75-42-40-61-59(69)73-44-43-72-41-39-60-58(81)62-48-35-37-49(38-36-48)78-57-56(68)55(67)54(66)51(45-63)79-57/h35-38,50-51,54-57,63,66-68H,3-34,39-47H2,1-2H3,(H,61,69)(H,70,71)(H2,60,62,81). The average molecular weight is 1190 g/mol. The summed E-state index contributed by atoms with van der Waals surface area (Å²) in [5.74, 6) is -0.663. The molecular weight excluding hydrogens is 1090 g/mol. The van der Waals surface area contributed by atoms with Crippen LogP contribution in [0.15, 0.2) is 24.3 Å². The number of benzene rings is 1. The van der Waals surface area contributed by atoms with Crippen molar-refractivity contribution < 1.29 is 81.7 Å². The zero-order valence-electron chi connectivity index (χ0n) is 49.3. The van der Waals surface area contributed by atoms with Crippen LogP contribution >= 0.6 is 20.0 Å². The van der Waals surface area contributed by atoms with Crippen LogP contribution in [0.1, 0.15) is 219 Å². The summed E-state index contributed by atoms with van der Waals surface area (Å²) in [7, 11) is -4.68. The Labute approximate surface area is 490 Å². The van der Waals surface area contributed by atoms with Crippen molar-refractivity contribution in [1.29, 1.82) is 0 Å². The first-order chi connectivity index (χ1) is 39.3. The number of nitrogens with one attached hydrogen (secondary N) is 3. The van der Waals surface area contributed by atoms with E-state index in [2.05, 4.69) is 29.8 Å². The maximum Gasteiger partial charge on any atom is 0.472 e. The average Bonchev–Trinajstić information content (AvgIpc) is 3.48. The van der Waals surface area contributed by atoms with Crippen molar-refractivity contribution in [1.82, 2.24) is 10.6 Å². The summed E-state index contributed by atoms with van der Waals surface area (Å²) in [6.45, 7) is 2.96. The summed E-state index contributed by atoms with van der Waals surface area (Å²) in [6, 6.07) is 6.44. The van der Waals surface area contributed by atoms with Crippen molar-refractivity contribution in [3.05, 3.63) is 24.3 Å². The molecule has 22 heteroatoms. The molecule has 0 saturated carbocycles. The van der Waals surface area contributed by atoms with Crippen molar-refractivity contribution >= 4 is 48.9 Å². The number of rotatable bonds is 52. The van der Waals surface area contributed by atoms with Crippen LogP contribution in [0.25, 0.3) is 0 Å². The van der Waals surface area contributed by atoms with E-state index < -0.39 is 82.5 Å². The molecule has 7 unspecified atom stereocenters. The van der Waals surface area contributed by atoms with Gasteiger partial charge in [-0.25, -0.2) is 9.36 Å². The van der Waals surface area contributed by atoms with Crippen molar-refractivity contribution in [2.45, 2.75) is 256 Å². The number of carbonyl (C=O) groups excluding carboxylic acids is 3. The molecule has 0 aliphatic carbocycles. The second kappa shape index (κ2) is 49.1. The summed E-state index contributed by atoms with van der Waals surface area (Å²) >= 11 is 5.32. The minimum atomic E-state index is -4.68. The number of aliphatic hydroxyl groups excluding tert-OH is 4. The molecule has 1 heterocycles. The fourth-order valence-electron chi connectivity index (χ4n) is 9.10. The number of hydrogen-bond donors (Lipinski definition) is 8. The highest BCUT2D eigenvalue weighted by atomic mass is 32.1. The van der Waals surface area contributed by atoms with Gasteiger partial charge in [-0.15, -0.1) is 0 Å². The van der Waals surface area contributed by atoms with Gasteiger partial charge in [0.1, 0.15) is 43.4 Å². The Hall–Kier alpha value is -3.21. The number of esters is 2. The zero-order chi connectivity index (χ0) is 59.0. The lowest BCUT2D eigenvalue weighted by Gasteiger charge is -2.39. The first kappa shape index (κ1) is 73.9. The fraction of sp³-hybridized carbons (Fsp3) is 0.831. The van der Waals surface area contributed by atoms with Gasteiger partial charge in [-0.1, -0.05) is 194 Å². The molecule has 0 aromatic heterocycles. The minimum Gasteiger partial charge on any atom is -0.462 e. The molecule has 20 nitrogen and oxygen atoms in total. The normalized spacial score (nSPS) is 18.1. The lowest BCUT2D eigenvalue weighted by Crippen LogP contribution is -2.60. The van der Waals surface area contributed by atoms with E-state index in [9.17, 15) is 44.3 Å². The van der Waals surface area contributed by atoms with Gasteiger partial charge in [0.15, 0.2) is 11.2 Å².